The molecule has 122 valence electrons. The standard InChI is InChI=1S/C20H19NO2S/c1-15-9-11-20(12-10-15)24(22,23)21-19-8-4-7-18(14-19)17-6-3-5-16(2)13-17/h3-14,21H,1-2H3. The molecule has 0 aliphatic rings. The largest absolute Gasteiger partial charge is 0.280 e. The van der Waals surface area contributed by atoms with Crippen molar-refractivity contribution in [3.05, 3.63) is 83.9 Å². The predicted molar refractivity (Wildman–Crippen MR) is 98.6 cm³/mol. The highest BCUT2D eigenvalue weighted by molar-refractivity contribution is 7.92. The summed E-state index contributed by atoms with van der Waals surface area (Å²) >= 11 is 0. The fourth-order valence-corrected chi connectivity index (χ4v) is 3.57. The minimum atomic E-state index is -3.59. The molecular formula is C20H19NO2S. The maximum absolute atomic E-state index is 12.5. The molecule has 0 atom stereocenters. The lowest BCUT2D eigenvalue weighted by atomic mass is 10.0. The monoisotopic (exact) mass is 337 g/mol. The summed E-state index contributed by atoms with van der Waals surface area (Å²) in [5.74, 6) is 0. The van der Waals surface area contributed by atoms with E-state index in [4.69, 9.17) is 0 Å². The van der Waals surface area contributed by atoms with Crippen LogP contribution < -0.4 is 4.72 Å². The maximum atomic E-state index is 12.5. The lowest BCUT2D eigenvalue weighted by molar-refractivity contribution is 0.601. The van der Waals surface area contributed by atoms with Gasteiger partial charge in [-0.3, -0.25) is 4.72 Å². The first-order chi connectivity index (χ1) is 11.4. The molecule has 3 aromatic rings. The van der Waals surface area contributed by atoms with Gasteiger partial charge in [0.2, 0.25) is 0 Å². The Morgan fingerprint density at radius 1 is 0.708 bits per heavy atom. The van der Waals surface area contributed by atoms with Crippen molar-refractivity contribution in [3.8, 4) is 11.1 Å². The number of hydrogen-bond acceptors (Lipinski definition) is 2. The molecule has 0 saturated carbocycles. The lowest BCUT2D eigenvalue weighted by Crippen LogP contribution is -2.12. The van der Waals surface area contributed by atoms with Crippen molar-refractivity contribution in [1.29, 1.82) is 0 Å². The van der Waals surface area contributed by atoms with E-state index in [1.807, 2.05) is 50.2 Å². The summed E-state index contributed by atoms with van der Waals surface area (Å²) in [6, 6.07) is 22.4. The van der Waals surface area contributed by atoms with Gasteiger partial charge in [-0.25, -0.2) is 8.42 Å². The molecule has 0 aliphatic heterocycles. The van der Waals surface area contributed by atoms with E-state index in [2.05, 4.69) is 10.8 Å². The number of nitrogens with one attached hydrogen (secondary N) is 1. The van der Waals surface area contributed by atoms with Gasteiger partial charge in [0.1, 0.15) is 0 Å². The van der Waals surface area contributed by atoms with Crippen LogP contribution in [-0.2, 0) is 10.0 Å². The number of aryl methyl sites for hydroxylation is 2. The number of rotatable bonds is 4. The number of sulfonamides is 1. The average molecular weight is 337 g/mol. The third-order valence-electron chi connectivity index (χ3n) is 3.80. The first-order valence-electron chi connectivity index (χ1n) is 7.71. The van der Waals surface area contributed by atoms with E-state index in [-0.39, 0.29) is 4.90 Å². The number of anilines is 1. The van der Waals surface area contributed by atoms with Crippen molar-refractivity contribution in [2.24, 2.45) is 0 Å². The highest BCUT2D eigenvalue weighted by Crippen LogP contribution is 2.25. The molecule has 3 rings (SSSR count). The molecule has 0 radical (unpaired) electrons. The molecule has 0 aromatic heterocycles. The van der Waals surface area contributed by atoms with E-state index in [1.165, 1.54) is 0 Å². The van der Waals surface area contributed by atoms with E-state index in [0.29, 0.717) is 5.69 Å². The van der Waals surface area contributed by atoms with Crippen molar-refractivity contribution in [2.45, 2.75) is 18.7 Å². The van der Waals surface area contributed by atoms with Crippen LogP contribution in [0, 0.1) is 13.8 Å². The topological polar surface area (TPSA) is 46.2 Å². The average Bonchev–Trinajstić information content (AvgIpc) is 2.55. The summed E-state index contributed by atoms with van der Waals surface area (Å²) in [5, 5.41) is 0. The van der Waals surface area contributed by atoms with E-state index < -0.39 is 10.0 Å². The van der Waals surface area contributed by atoms with Crippen LogP contribution in [-0.4, -0.2) is 8.42 Å². The van der Waals surface area contributed by atoms with Gasteiger partial charge in [-0.15, -0.1) is 0 Å². The van der Waals surface area contributed by atoms with E-state index in [0.717, 1.165) is 22.3 Å². The van der Waals surface area contributed by atoms with Crippen molar-refractivity contribution in [2.75, 3.05) is 4.72 Å². The summed E-state index contributed by atoms with van der Waals surface area (Å²) in [4.78, 5) is 0.258. The number of hydrogen-bond donors (Lipinski definition) is 1. The maximum Gasteiger partial charge on any atom is 0.261 e. The first kappa shape index (κ1) is 16.3. The lowest BCUT2D eigenvalue weighted by Gasteiger charge is -2.10. The van der Waals surface area contributed by atoms with E-state index in [1.54, 1.807) is 30.3 Å². The van der Waals surface area contributed by atoms with Gasteiger partial charge >= 0.3 is 0 Å². The Kier molecular flexibility index (Phi) is 4.40. The first-order valence-corrected chi connectivity index (χ1v) is 9.19. The van der Waals surface area contributed by atoms with Gasteiger partial charge in [0.25, 0.3) is 10.0 Å². The Hall–Kier alpha value is -2.59. The molecule has 1 N–H and O–H groups in total. The van der Waals surface area contributed by atoms with Gasteiger partial charge in [0, 0.05) is 5.69 Å². The van der Waals surface area contributed by atoms with Crippen LogP contribution in [0.2, 0.25) is 0 Å². The molecule has 0 spiro atoms. The van der Waals surface area contributed by atoms with Crippen LogP contribution in [0.4, 0.5) is 5.69 Å². The molecule has 4 heteroatoms. The SMILES string of the molecule is Cc1ccc(S(=O)(=O)Nc2cccc(-c3cccc(C)c3)c2)cc1. The predicted octanol–water partition coefficient (Wildman–Crippen LogP) is 4.77. The zero-order chi connectivity index (χ0) is 17.2. The van der Waals surface area contributed by atoms with Crippen LogP contribution in [0.25, 0.3) is 11.1 Å². The number of benzene rings is 3. The Labute approximate surface area is 143 Å². The zero-order valence-electron chi connectivity index (χ0n) is 13.7. The van der Waals surface area contributed by atoms with Crippen molar-refractivity contribution < 1.29 is 8.42 Å². The second-order valence-electron chi connectivity index (χ2n) is 5.87. The van der Waals surface area contributed by atoms with Gasteiger partial charge in [-0.1, -0.05) is 59.7 Å². The summed E-state index contributed by atoms with van der Waals surface area (Å²) in [6.07, 6.45) is 0. The highest BCUT2D eigenvalue weighted by atomic mass is 32.2. The summed E-state index contributed by atoms with van der Waals surface area (Å²) in [6.45, 7) is 3.96. The third kappa shape index (κ3) is 3.66. The zero-order valence-corrected chi connectivity index (χ0v) is 14.5. The van der Waals surface area contributed by atoms with E-state index >= 15 is 0 Å². The molecule has 0 aliphatic carbocycles. The van der Waals surface area contributed by atoms with Crippen LogP contribution >= 0.6 is 0 Å². The molecule has 0 amide bonds. The molecule has 0 unspecified atom stereocenters. The Balaban J connectivity index is 1.91. The van der Waals surface area contributed by atoms with Crippen LogP contribution in [0.1, 0.15) is 11.1 Å². The molecule has 0 heterocycles. The highest BCUT2D eigenvalue weighted by Gasteiger charge is 2.14. The quantitative estimate of drug-likeness (QED) is 0.745. The molecular weight excluding hydrogens is 318 g/mol. The summed E-state index contributed by atoms with van der Waals surface area (Å²) in [5.41, 5.74) is 4.78. The van der Waals surface area contributed by atoms with Gasteiger partial charge < -0.3 is 0 Å². The van der Waals surface area contributed by atoms with Crippen molar-refractivity contribution in [1.82, 2.24) is 0 Å². The smallest absolute Gasteiger partial charge is 0.261 e. The molecule has 3 aromatic carbocycles. The summed E-state index contributed by atoms with van der Waals surface area (Å²) in [7, 11) is -3.59. The van der Waals surface area contributed by atoms with Gasteiger partial charge in [-0.2, -0.15) is 0 Å². The van der Waals surface area contributed by atoms with Crippen molar-refractivity contribution >= 4 is 15.7 Å². The van der Waals surface area contributed by atoms with Crippen LogP contribution in [0.5, 0.6) is 0 Å². The Bertz CT molecular complexity index is 961. The molecule has 0 saturated heterocycles. The fourth-order valence-electron chi connectivity index (χ4n) is 2.52. The Morgan fingerprint density at radius 3 is 2.00 bits per heavy atom. The normalized spacial score (nSPS) is 11.2. The molecule has 3 nitrogen and oxygen atoms in total. The fraction of sp³-hybridized carbons (Fsp3) is 0.100. The second kappa shape index (κ2) is 6.49. The van der Waals surface area contributed by atoms with Gasteiger partial charge in [0.05, 0.1) is 4.90 Å². The molecule has 0 bridgehead atoms. The minimum Gasteiger partial charge on any atom is -0.280 e. The van der Waals surface area contributed by atoms with E-state index in [9.17, 15) is 8.42 Å². The second-order valence-corrected chi connectivity index (χ2v) is 7.55. The summed E-state index contributed by atoms with van der Waals surface area (Å²) < 4.78 is 27.7. The van der Waals surface area contributed by atoms with Crippen LogP contribution in [0.3, 0.4) is 0 Å². The van der Waals surface area contributed by atoms with Gasteiger partial charge in [-0.05, 0) is 49.2 Å². The Morgan fingerprint density at radius 2 is 1.33 bits per heavy atom. The minimum absolute atomic E-state index is 0.258. The van der Waals surface area contributed by atoms with Gasteiger partial charge in [0.15, 0.2) is 0 Å². The van der Waals surface area contributed by atoms with Crippen LogP contribution in [0.15, 0.2) is 77.7 Å². The molecule has 0 fully saturated rings. The van der Waals surface area contributed by atoms with Crippen molar-refractivity contribution in [3.63, 3.8) is 0 Å². The third-order valence-corrected chi connectivity index (χ3v) is 5.19. The molecule has 24 heavy (non-hydrogen) atoms.